The first-order chi connectivity index (χ1) is 1.73. The Labute approximate surface area is 27.1 Å². The molecule has 0 bridgehead atoms. The van der Waals surface area contributed by atoms with Crippen LogP contribution in [0.15, 0.2) is 0 Å². The van der Waals surface area contributed by atoms with Crippen molar-refractivity contribution in [2.45, 2.75) is 0 Å². The van der Waals surface area contributed by atoms with Gasteiger partial charge in [-0.25, -0.2) is 0 Å². The highest BCUT2D eigenvalue weighted by Gasteiger charge is 1.51. The van der Waals surface area contributed by atoms with Gasteiger partial charge in [0.1, 0.15) is 7.66 Å². The van der Waals surface area contributed by atoms with Crippen LogP contribution in [0.5, 0.6) is 0 Å². The van der Waals surface area contributed by atoms with Gasteiger partial charge in [0.2, 0.25) is 0 Å². The van der Waals surface area contributed by atoms with Crippen LogP contribution in [0.4, 0.5) is 0 Å². The van der Waals surface area contributed by atoms with Crippen molar-refractivity contribution >= 4 is 16.2 Å². The van der Waals surface area contributed by atoms with Gasteiger partial charge in [0.25, 0.3) is 0 Å². The second kappa shape index (κ2) is 1.92. The van der Waals surface area contributed by atoms with Gasteiger partial charge >= 0.3 is 0 Å². The van der Waals surface area contributed by atoms with E-state index in [9.17, 15) is 0 Å². The van der Waals surface area contributed by atoms with E-state index in [1.54, 1.807) is 0 Å². The van der Waals surface area contributed by atoms with E-state index in [0.717, 1.165) is 0 Å². The van der Waals surface area contributed by atoms with Crippen LogP contribution in [0.1, 0.15) is 0 Å². The summed E-state index contributed by atoms with van der Waals surface area (Å²) in [5.41, 5.74) is 0. The summed E-state index contributed by atoms with van der Waals surface area (Å²) in [6.07, 6.45) is 0. The van der Waals surface area contributed by atoms with Crippen LogP contribution in [0.2, 0.25) is 0 Å². The van der Waals surface area contributed by atoms with Gasteiger partial charge in [-0.1, -0.05) is 8.53 Å². The number of hydrogen-bond donors (Lipinski definition) is 2. The Balaban J connectivity index is 2.80. The van der Waals surface area contributed by atoms with Crippen LogP contribution >= 0.6 is 16.2 Å². The lowest BCUT2D eigenvalue weighted by atomic mass is 15.9. The Kier molecular flexibility index (Phi) is 2.24. The Morgan fingerprint density at radius 1 is 1.50 bits per heavy atom. The average Bonchev–Trinajstić information content (AvgIpc) is 0.811. The topological polar surface area (TPSA) is 40.5 Å². The monoisotopic (exact) mass is 98.0 g/mol. The molecule has 0 fully saturated rings. The molecule has 0 spiro atoms. The second-order valence-corrected chi connectivity index (χ2v) is 2.31. The Morgan fingerprint density at radius 3 is 1.50 bits per heavy atom. The third kappa shape index (κ3) is 17.1. The van der Waals surface area contributed by atoms with Crippen LogP contribution in [0, 0.1) is 0 Å². The van der Waals surface area contributed by atoms with Gasteiger partial charge in [-0.3, -0.25) is 0 Å². The zero-order valence-electron chi connectivity index (χ0n) is 1.89. The summed E-state index contributed by atoms with van der Waals surface area (Å²) >= 11 is 0. The molecule has 0 aromatic rings. The minimum absolute atomic E-state index is 2.07. The highest BCUT2D eigenvalue weighted by atomic mass is 31.7. The highest BCUT2D eigenvalue weighted by molar-refractivity contribution is 7.79. The molecule has 0 aliphatic rings. The molecule has 0 aliphatic carbocycles. The van der Waals surface area contributed by atoms with E-state index >= 15 is 0 Å². The molecule has 0 amide bonds. The van der Waals surface area contributed by atoms with E-state index in [2.05, 4.69) is 8.53 Å². The molecule has 0 atom stereocenters. The second-order valence-electron chi connectivity index (χ2n) is 0.324. The molecular weight excluding hydrogens is 93.9 g/mol. The van der Waals surface area contributed by atoms with Gasteiger partial charge in [0.05, 0.1) is 0 Å². The summed E-state index contributed by atoms with van der Waals surface area (Å²) in [5, 5.41) is 0. The maximum Gasteiger partial charge on any atom is 0.125 e. The quantitative estimate of drug-likeness (QED) is 0.421. The first kappa shape index (κ1) is 4.65. The van der Waals surface area contributed by atoms with Crippen molar-refractivity contribution in [3.8, 4) is 0 Å². The maximum atomic E-state index is 7.63. The normalized spacial score (nSPS) is 8.75. The van der Waals surface area contributed by atoms with E-state index in [4.69, 9.17) is 9.79 Å². The fraction of sp³-hybridized carbons (Fsp3) is 0. The molecule has 0 unspecified atom stereocenters. The smallest absolute Gasteiger partial charge is 0.125 e. The first-order valence-electron chi connectivity index (χ1n) is 0.697. The number of hydrogen-bond acceptors (Lipinski definition) is 0. The molecule has 26 valence electrons. The van der Waals surface area contributed by atoms with Crippen LogP contribution in [0.3, 0.4) is 0 Å². The van der Waals surface area contributed by atoms with Crippen molar-refractivity contribution in [3.63, 3.8) is 0 Å². The summed E-state index contributed by atoms with van der Waals surface area (Å²) in [5.74, 6) is 0. The van der Waals surface area contributed by atoms with Crippen molar-refractivity contribution in [1.29, 1.82) is 0 Å². The predicted octanol–water partition coefficient (Wildman–Crippen LogP) is 0.0730. The first-order valence-corrected chi connectivity index (χ1v) is 3.59. The lowest BCUT2D eigenvalue weighted by Crippen LogP contribution is -1.32. The SMILES string of the molecule is O[PH](O)=P. The minimum Gasteiger partial charge on any atom is -0.352 e. The zero-order chi connectivity index (χ0) is 3.58. The maximum absolute atomic E-state index is 7.63. The Bertz CT molecular complexity index is 27.0. The molecule has 0 saturated heterocycles. The van der Waals surface area contributed by atoms with E-state index < -0.39 is 7.66 Å². The van der Waals surface area contributed by atoms with Crippen LogP contribution in [-0.2, 0) is 0 Å². The van der Waals surface area contributed by atoms with Gasteiger partial charge in [-0.2, -0.15) is 0 Å². The standard InChI is InChI=1S/H4O2P2/c1-4(2)3/h1-4H. The third-order valence-corrected chi connectivity index (χ3v) is 0. The van der Waals surface area contributed by atoms with E-state index in [1.807, 2.05) is 0 Å². The molecule has 0 rings (SSSR count). The fourth-order valence-corrected chi connectivity index (χ4v) is 0. The molecule has 0 heterocycles. The van der Waals surface area contributed by atoms with Gasteiger partial charge in [-0.05, 0) is 0 Å². The van der Waals surface area contributed by atoms with E-state index in [0.29, 0.717) is 0 Å². The van der Waals surface area contributed by atoms with Crippen molar-refractivity contribution in [3.05, 3.63) is 0 Å². The molecule has 2 nitrogen and oxygen atoms in total. The summed E-state index contributed by atoms with van der Waals surface area (Å²) in [4.78, 5) is 15.3. The van der Waals surface area contributed by atoms with Gasteiger partial charge in [0.15, 0.2) is 0 Å². The summed E-state index contributed by atoms with van der Waals surface area (Å²) in [6.45, 7) is 0. The van der Waals surface area contributed by atoms with Crippen LogP contribution in [0.25, 0.3) is 0 Å². The van der Waals surface area contributed by atoms with E-state index in [-0.39, 0.29) is 0 Å². The van der Waals surface area contributed by atoms with Crippen LogP contribution < -0.4 is 0 Å². The van der Waals surface area contributed by atoms with Crippen LogP contribution in [-0.4, -0.2) is 9.79 Å². The number of rotatable bonds is 0. The molecule has 0 aromatic heterocycles. The molecule has 4 heteroatoms. The van der Waals surface area contributed by atoms with Crippen molar-refractivity contribution in [1.82, 2.24) is 0 Å². The highest BCUT2D eigenvalue weighted by Crippen LogP contribution is 2.10. The molecule has 2 N–H and O–H groups in total. The van der Waals surface area contributed by atoms with Gasteiger partial charge in [-0.15, -0.1) is 0 Å². The zero-order valence-corrected chi connectivity index (χ0v) is 3.89. The fourth-order valence-electron chi connectivity index (χ4n) is 0. The predicted molar refractivity (Wildman–Crippen MR) is 21.1 cm³/mol. The third-order valence-electron chi connectivity index (χ3n) is 0. The Morgan fingerprint density at radius 2 is 1.50 bits per heavy atom. The lowest BCUT2D eigenvalue weighted by molar-refractivity contribution is 0.509. The minimum atomic E-state index is -2.07. The molecule has 4 heavy (non-hydrogen) atoms. The summed E-state index contributed by atoms with van der Waals surface area (Å²) in [7, 11) is 0.451. The van der Waals surface area contributed by atoms with Gasteiger partial charge in [0, 0.05) is 0 Å². The van der Waals surface area contributed by atoms with Gasteiger partial charge < -0.3 is 9.79 Å². The molecular formula is H4O2P2. The summed E-state index contributed by atoms with van der Waals surface area (Å²) < 4.78 is 0. The van der Waals surface area contributed by atoms with Crippen molar-refractivity contribution < 1.29 is 9.79 Å². The lowest BCUT2D eigenvalue weighted by Gasteiger charge is -1.68. The Hall–Kier alpha value is 0.650. The average molecular weight is 98.0 g/mol. The molecule has 0 aliphatic heterocycles. The molecule has 0 saturated carbocycles. The van der Waals surface area contributed by atoms with Crippen molar-refractivity contribution in [2.24, 2.45) is 0 Å². The summed E-state index contributed by atoms with van der Waals surface area (Å²) in [6, 6.07) is 0. The van der Waals surface area contributed by atoms with E-state index in [1.165, 1.54) is 0 Å². The molecule has 0 radical (unpaired) electrons. The largest absolute Gasteiger partial charge is 0.352 e. The molecule has 0 aromatic carbocycles. The van der Waals surface area contributed by atoms with Crippen molar-refractivity contribution in [2.75, 3.05) is 0 Å².